The molecule has 1 heterocycles. The van der Waals surface area contributed by atoms with Crippen molar-refractivity contribution in [3.05, 3.63) is 70.8 Å². The van der Waals surface area contributed by atoms with Gasteiger partial charge in [-0.1, -0.05) is 29.8 Å². The second kappa shape index (κ2) is 8.87. The number of carbonyl (C=O) groups excluding carboxylic acids is 2. The van der Waals surface area contributed by atoms with E-state index in [-0.39, 0.29) is 17.5 Å². The highest BCUT2D eigenvalue weighted by Gasteiger charge is 2.31. The van der Waals surface area contributed by atoms with Gasteiger partial charge in [-0.15, -0.1) is 0 Å². The van der Waals surface area contributed by atoms with Crippen molar-refractivity contribution in [2.75, 3.05) is 13.1 Å². The molecular formula is C22H23F3N2O3. The summed E-state index contributed by atoms with van der Waals surface area (Å²) in [5, 5.41) is 12.9. The molecular weight excluding hydrogens is 397 g/mol. The number of carbonyl (C=O) groups is 2. The zero-order valence-electron chi connectivity index (χ0n) is 16.4. The van der Waals surface area contributed by atoms with Crippen molar-refractivity contribution >= 4 is 11.8 Å². The Kier molecular flexibility index (Phi) is 6.45. The van der Waals surface area contributed by atoms with E-state index in [0.717, 1.165) is 29.8 Å². The fourth-order valence-corrected chi connectivity index (χ4v) is 3.39. The van der Waals surface area contributed by atoms with Crippen molar-refractivity contribution in [2.24, 2.45) is 0 Å². The zero-order chi connectivity index (χ0) is 21.9. The third kappa shape index (κ3) is 5.18. The quantitative estimate of drug-likeness (QED) is 0.796. The third-order valence-electron chi connectivity index (χ3n) is 5.23. The molecule has 8 heteroatoms. The van der Waals surface area contributed by atoms with Gasteiger partial charge in [0, 0.05) is 24.7 Å². The van der Waals surface area contributed by atoms with Crippen LogP contribution in [-0.2, 0) is 11.0 Å². The lowest BCUT2D eigenvalue weighted by molar-refractivity contribution is -0.137. The first-order valence-corrected chi connectivity index (χ1v) is 9.66. The molecule has 1 fully saturated rings. The lowest BCUT2D eigenvalue weighted by Gasteiger charge is -2.33. The summed E-state index contributed by atoms with van der Waals surface area (Å²) in [6.45, 7) is 2.88. The second-order valence-corrected chi connectivity index (χ2v) is 7.46. The maximum absolute atomic E-state index is 12.6. The first kappa shape index (κ1) is 21.8. The summed E-state index contributed by atoms with van der Waals surface area (Å²) < 4.78 is 37.9. The van der Waals surface area contributed by atoms with Crippen LogP contribution in [0.1, 0.15) is 46.0 Å². The first-order chi connectivity index (χ1) is 14.1. The summed E-state index contributed by atoms with van der Waals surface area (Å²) >= 11 is 0. The summed E-state index contributed by atoms with van der Waals surface area (Å²) in [6.07, 6.45) is -4.97. The molecule has 1 aliphatic rings. The van der Waals surface area contributed by atoms with Crippen molar-refractivity contribution in [1.29, 1.82) is 0 Å². The number of hydrogen-bond donors (Lipinski definition) is 2. The van der Waals surface area contributed by atoms with Gasteiger partial charge in [0.15, 0.2) is 6.10 Å². The number of aliphatic hydroxyl groups excluding tert-OH is 1. The lowest BCUT2D eigenvalue weighted by atomic mass is 10.0. The van der Waals surface area contributed by atoms with Gasteiger partial charge in [0.05, 0.1) is 5.56 Å². The number of likely N-dealkylation sites (tertiary alicyclic amines) is 1. The van der Waals surface area contributed by atoms with E-state index in [1.807, 2.05) is 19.1 Å². The van der Waals surface area contributed by atoms with Crippen LogP contribution in [0.5, 0.6) is 0 Å². The Labute approximate surface area is 172 Å². The second-order valence-electron chi connectivity index (χ2n) is 7.46. The molecule has 2 aromatic rings. The highest BCUT2D eigenvalue weighted by Crippen LogP contribution is 2.30. The molecule has 1 aliphatic heterocycles. The number of nitrogens with one attached hydrogen (secondary N) is 1. The van der Waals surface area contributed by atoms with E-state index in [2.05, 4.69) is 5.32 Å². The van der Waals surface area contributed by atoms with Crippen LogP contribution in [0.2, 0.25) is 0 Å². The average Bonchev–Trinajstić information content (AvgIpc) is 2.73. The van der Waals surface area contributed by atoms with Gasteiger partial charge in [0.25, 0.3) is 11.8 Å². The molecule has 1 unspecified atom stereocenters. The van der Waals surface area contributed by atoms with Gasteiger partial charge in [0.1, 0.15) is 0 Å². The smallest absolute Gasteiger partial charge is 0.378 e. The van der Waals surface area contributed by atoms with Crippen molar-refractivity contribution in [1.82, 2.24) is 10.2 Å². The first-order valence-electron chi connectivity index (χ1n) is 9.66. The molecule has 0 spiro atoms. The number of aliphatic hydroxyl groups is 1. The van der Waals surface area contributed by atoms with Crippen molar-refractivity contribution in [3.8, 4) is 0 Å². The minimum absolute atomic E-state index is 0.0652. The van der Waals surface area contributed by atoms with Crippen LogP contribution in [0.15, 0.2) is 48.5 Å². The number of hydrogen-bond acceptors (Lipinski definition) is 3. The van der Waals surface area contributed by atoms with Gasteiger partial charge in [-0.05, 0) is 49.6 Å². The minimum atomic E-state index is -4.48. The molecule has 2 aromatic carbocycles. The van der Waals surface area contributed by atoms with Crippen LogP contribution in [0.4, 0.5) is 13.2 Å². The largest absolute Gasteiger partial charge is 0.416 e. The Balaban J connectivity index is 1.52. The number of alkyl halides is 3. The molecule has 0 aliphatic carbocycles. The molecule has 160 valence electrons. The summed E-state index contributed by atoms with van der Waals surface area (Å²) in [5.41, 5.74) is 0.928. The normalized spacial score (nSPS) is 16.2. The van der Waals surface area contributed by atoms with E-state index in [4.69, 9.17) is 0 Å². The van der Waals surface area contributed by atoms with Gasteiger partial charge in [-0.3, -0.25) is 9.59 Å². The number of piperidine rings is 1. The number of benzene rings is 2. The van der Waals surface area contributed by atoms with Crippen molar-refractivity contribution in [2.45, 2.75) is 38.1 Å². The third-order valence-corrected chi connectivity index (χ3v) is 5.23. The molecule has 0 saturated carbocycles. The van der Waals surface area contributed by atoms with Gasteiger partial charge in [-0.25, -0.2) is 0 Å². The highest BCUT2D eigenvalue weighted by molar-refractivity contribution is 5.94. The van der Waals surface area contributed by atoms with Crippen LogP contribution >= 0.6 is 0 Å². The summed E-state index contributed by atoms with van der Waals surface area (Å²) in [4.78, 5) is 26.6. The molecule has 1 atom stereocenters. The molecule has 0 aromatic heterocycles. The SMILES string of the molecule is Cc1ccc(C(=O)N2CCC(NC(=O)C(O)c3ccc(C(F)(F)F)cc3)CC2)cc1. The van der Waals surface area contributed by atoms with E-state index in [1.54, 1.807) is 17.0 Å². The van der Waals surface area contributed by atoms with E-state index < -0.39 is 23.8 Å². The van der Waals surface area contributed by atoms with Crippen LogP contribution in [-0.4, -0.2) is 41.0 Å². The Hall–Kier alpha value is -2.87. The summed E-state index contributed by atoms with van der Waals surface area (Å²) in [5.74, 6) is -0.734. The van der Waals surface area contributed by atoms with Crippen LogP contribution in [0, 0.1) is 6.92 Å². The standard InChI is InChI=1S/C22H23F3N2O3/c1-14-2-4-16(5-3-14)21(30)27-12-10-18(11-13-27)26-20(29)19(28)15-6-8-17(9-7-15)22(23,24)25/h2-9,18-19,28H,10-13H2,1H3,(H,26,29). The molecule has 0 radical (unpaired) electrons. The van der Waals surface area contributed by atoms with E-state index in [1.165, 1.54) is 0 Å². The minimum Gasteiger partial charge on any atom is -0.378 e. The highest BCUT2D eigenvalue weighted by atomic mass is 19.4. The van der Waals surface area contributed by atoms with E-state index in [9.17, 15) is 27.9 Å². The van der Waals surface area contributed by atoms with Gasteiger partial charge in [-0.2, -0.15) is 13.2 Å². The number of aryl methyl sites for hydroxylation is 1. The van der Waals surface area contributed by atoms with Gasteiger partial charge in [0.2, 0.25) is 0 Å². The maximum Gasteiger partial charge on any atom is 0.416 e. The molecule has 2 amide bonds. The average molecular weight is 420 g/mol. The van der Waals surface area contributed by atoms with Crippen LogP contribution < -0.4 is 5.32 Å². The fraction of sp³-hybridized carbons (Fsp3) is 0.364. The topological polar surface area (TPSA) is 69.6 Å². The molecule has 0 bridgehead atoms. The fourth-order valence-electron chi connectivity index (χ4n) is 3.39. The molecule has 1 saturated heterocycles. The Bertz CT molecular complexity index is 887. The van der Waals surface area contributed by atoms with Gasteiger partial charge < -0.3 is 15.3 Å². The molecule has 30 heavy (non-hydrogen) atoms. The molecule has 2 N–H and O–H groups in total. The Morgan fingerprint density at radius 2 is 1.60 bits per heavy atom. The Morgan fingerprint density at radius 3 is 2.13 bits per heavy atom. The predicted octanol–water partition coefficient (Wildman–Crippen LogP) is 3.47. The summed E-state index contributed by atoms with van der Waals surface area (Å²) in [7, 11) is 0. The number of halogens is 3. The van der Waals surface area contributed by atoms with E-state index in [0.29, 0.717) is 31.5 Å². The number of nitrogens with zero attached hydrogens (tertiary/aromatic N) is 1. The van der Waals surface area contributed by atoms with E-state index >= 15 is 0 Å². The lowest BCUT2D eigenvalue weighted by Crippen LogP contribution is -2.47. The van der Waals surface area contributed by atoms with Gasteiger partial charge >= 0.3 is 6.18 Å². The summed E-state index contributed by atoms with van der Waals surface area (Å²) in [6, 6.07) is 11.0. The van der Waals surface area contributed by atoms with Crippen LogP contribution in [0.3, 0.4) is 0 Å². The van der Waals surface area contributed by atoms with Crippen LogP contribution in [0.25, 0.3) is 0 Å². The molecule has 3 rings (SSSR count). The maximum atomic E-state index is 12.6. The van der Waals surface area contributed by atoms with Crippen molar-refractivity contribution in [3.63, 3.8) is 0 Å². The zero-order valence-corrected chi connectivity index (χ0v) is 16.4. The Morgan fingerprint density at radius 1 is 1.03 bits per heavy atom. The monoisotopic (exact) mass is 420 g/mol. The van der Waals surface area contributed by atoms with Crippen molar-refractivity contribution < 1.29 is 27.9 Å². The molecule has 5 nitrogen and oxygen atoms in total. The number of rotatable bonds is 4. The predicted molar refractivity (Wildman–Crippen MR) is 105 cm³/mol. The number of amides is 2.